The van der Waals surface area contributed by atoms with Crippen molar-refractivity contribution < 1.29 is 9.05 Å². The first-order chi connectivity index (χ1) is 9.15. The normalized spacial score (nSPS) is 11.1. The first kappa shape index (κ1) is 11.7. The van der Waals surface area contributed by atoms with Crippen LogP contribution in [0.2, 0.25) is 0 Å². The number of hydrogen-bond acceptors (Lipinski definition) is 6. The lowest BCUT2D eigenvalue weighted by molar-refractivity contribution is 0.390. The average molecular weight is 258 g/mol. The highest BCUT2D eigenvalue weighted by Crippen LogP contribution is 2.27. The number of aromatic nitrogens is 3. The lowest BCUT2D eigenvalue weighted by Gasteiger charge is -2.17. The van der Waals surface area contributed by atoms with Crippen LogP contribution < -0.4 is 4.90 Å². The van der Waals surface area contributed by atoms with Gasteiger partial charge in [-0.3, -0.25) is 0 Å². The summed E-state index contributed by atoms with van der Waals surface area (Å²) < 4.78 is 10.3. The van der Waals surface area contributed by atoms with Gasteiger partial charge in [-0.2, -0.15) is 0 Å². The van der Waals surface area contributed by atoms with E-state index >= 15 is 0 Å². The molecule has 3 rings (SSSR count). The second-order valence-corrected chi connectivity index (χ2v) is 4.56. The molecule has 3 heterocycles. The van der Waals surface area contributed by atoms with Gasteiger partial charge in [0.1, 0.15) is 17.3 Å². The van der Waals surface area contributed by atoms with Crippen molar-refractivity contribution in [3.63, 3.8) is 0 Å². The molecule has 0 saturated heterocycles. The number of nitrogens with zero attached hydrogens (tertiary/aromatic N) is 4. The number of aryl methyl sites for hydroxylation is 2. The molecular weight excluding hydrogens is 244 g/mol. The van der Waals surface area contributed by atoms with Crippen molar-refractivity contribution in [3.05, 3.63) is 35.5 Å². The summed E-state index contributed by atoms with van der Waals surface area (Å²) in [7, 11) is 1.96. The third kappa shape index (κ3) is 2.05. The molecule has 0 atom stereocenters. The monoisotopic (exact) mass is 258 g/mol. The van der Waals surface area contributed by atoms with E-state index < -0.39 is 0 Å². The molecule has 98 valence electrons. The highest BCUT2D eigenvalue weighted by Gasteiger charge is 2.15. The molecule has 3 aromatic heterocycles. The molecule has 0 unspecified atom stereocenters. The summed E-state index contributed by atoms with van der Waals surface area (Å²) in [4.78, 5) is 6.41. The van der Waals surface area contributed by atoms with E-state index in [2.05, 4.69) is 15.3 Å². The van der Waals surface area contributed by atoms with Gasteiger partial charge in [0.2, 0.25) is 0 Å². The molecule has 0 aliphatic heterocycles. The maximum absolute atomic E-state index is 5.24. The third-order valence-corrected chi connectivity index (χ3v) is 2.97. The molecule has 0 aromatic carbocycles. The third-order valence-electron chi connectivity index (χ3n) is 2.97. The quantitative estimate of drug-likeness (QED) is 0.718. The average Bonchev–Trinajstić information content (AvgIpc) is 2.96. The molecule has 6 nitrogen and oxygen atoms in total. The van der Waals surface area contributed by atoms with Crippen LogP contribution in [0.4, 0.5) is 5.82 Å². The van der Waals surface area contributed by atoms with Crippen molar-refractivity contribution in [3.8, 4) is 0 Å². The molecule has 0 radical (unpaired) electrons. The van der Waals surface area contributed by atoms with Crippen molar-refractivity contribution in [2.24, 2.45) is 0 Å². The standard InChI is InChI=1S/C13H14N4O2/c1-8-6-10(16-18-8)7-17(3)13-12-9(2)15-19-11(12)4-5-14-13/h4-6H,7H2,1-3H3. The van der Waals surface area contributed by atoms with Crippen LogP contribution in [0.1, 0.15) is 17.1 Å². The molecule has 6 heteroatoms. The fourth-order valence-corrected chi connectivity index (χ4v) is 2.11. The fraction of sp³-hybridized carbons (Fsp3) is 0.308. The van der Waals surface area contributed by atoms with Gasteiger partial charge in [0, 0.05) is 25.4 Å². The Balaban J connectivity index is 1.97. The Hall–Kier alpha value is -2.37. The lowest BCUT2D eigenvalue weighted by atomic mass is 10.2. The Kier molecular flexibility index (Phi) is 2.70. The minimum Gasteiger partial charge on any atom is -0.361 e. The number of anilines is 1. The van der Waals surface area contributed by atoms with Gasteiger partial charge < -0.3 is 13.9 Å². The van der Waals surface area contributed by atoms with Crippen LogP contribution in [-0.2, 0) is 6.54 Å². The SMILES string of the molecule is Cc1cc(CN(C)c2nccc3onc(C)c23)no1. The van der Waals surface area contributed by atoms with Gasteiger partial charge >= 0.3 is 0 Å². The van der Waals surface area contributed by atoms with Gasteiger partial charge in [0.15, 0.2) is 5.58 Å². The van der Waals surface area contributed by atoms with Crippen LogP contribution >= 0.6 is 0 Å². The summed E-state index contributed by atoms with van der Waals surface area (Å²) in [6.45, 7) is 4.40. The van der Waals surface area contributed by atoms with E-state index in [0.717, 1.165) is 33.9 Å². The Morgan fingerprint density at radius 3 is 2.79 bits per heavy atom. The molecule has 3 aromatic rings. The van der Waals surface area contributed by atoms with Crippen LogP contribution in [0.25, 0.3) is 11.0 Å². The highest BCUT2D eigenvalue weighted by atomic mass is 16.5. The first-order valence-electron chi connectivity index (χ1n) is 5.99. The Labute approximate surface area is 110 Å². The van der Waals surface area contributed by atoms with E-state index in [-0.39, 0.29) is 0 Å². The van der Waals surface area contributed by atoms with E-state index in [9.17, 15) is 0 Å². The summed E-state index contributed by atoms with van der Waals surface area (Å²) in [5.41, 5.74) is 2.44. The zero-order chi connectivity index (χ0) is 13.4. The van der Waals surface area contributed by atoms with Crippen molar-refractivity contribution in [1.82, 2.24) is 15.3 Å². The zero-order valence-corrected chi connectivity index (χ0v) is 11.0. The zero-order valence-electron chi connectivity index (χ0n) is 11.0. The molecule has 0 aliphatic carbocycles. The van der Waals surface area contributed by atoms with E-state index in [4.69, 9.17) is 9.05 Å². The maximum atomic E-state index is 5.24. The summed E-state index contributed by atoms with van der Waals surface area (Å²) in [5, 5.41) is 8.90. The van der Waals surface area contributed by atoms with Crippen molar-refractivity contribution in [2.75, 3.05) is 11.9 Å². The summed E-state index contributed by atoms with van der Waals surface area (Å²) in [6.07, 6.45) is 1.72. The number of hydrogen-bond donors (Lipinski definition) is 0. The van der Waals surface area contributed by atoms with Crippen molar-refractivity contribution in [2.45, 2.75) is 20.4 Å². The van der Waals surface area contributed by atoms with Crippen LogP contribution in [-0.4, -0.2) is 22.3 Å². The predicted molar refractivity (Wildman–Crippen MR) is 69.9 cm³/mol. The Morgan fingerprint density at radius 1 is 1.21 bits per heavy atom. The first-order valence-corrected chi connectivity index (χ1v) is 5.99. The second kappa shape index (κ2) is 4.38. The number of rotatable bonds is 3. The summed E-state index contributed by atoms with van der Waals surface area (Å²) in [6, 6.07) is 3.73. The molecule has 0 aliphatic rings. The van der Waals surface area contributed by atoms with Crippen molar-refractivity contribution in [1.29, 1.82) is 0 Å². The van der Waals surface area contributed by atoms with E-state index in [1.165, 1.54) is 0 Å². The van der Waals surface area contributed by atoms with Gasteiger partial charge in [-0.05, 0) is 13.8 Å². The van der Waals surface area contributed by atoms with E-state index in [1.54, 1.807) is 6.20 Å². The molecule has 0 bridgehead atoms. The predicted octanol–water partition coefficient (Wildman–Crippen LogP) is 2.46. The van der Waals surface area contributed by atoms with Gasteiger partial charge in [-0.15, -0.1) is 0 Å². The lowest BCUT2D eigenvalue weighted by Crippen LogP contribution is -2.18. The number of pyridine rings is 1. The molecule has 0 N–H and O–H groups in total. The number of fused-ring (bicyclic) bond motifs is 1. The summed E-state index contributed by atoms with van der Waals surface area (Å²) in [5.74, 6) is 1.63. The van der Waals surface area contributed by atoms with Gasteiger partial charge in [0.05, 0.1) is 17.6 Å². The molecule has 0 fully saturated rings. The Bertz CT molecular complexity index is 716. The maximum Gasteiger partial charge on any atom is 0.172 e. The van der Waals surface area contributed by atoms with Crippen LogP contribution in [0.5, 0.6) is 0 Å². The minimum absolute atomic E-state index is 0.619. The van der Waals surface area contributed by atoms with E-state index in [0.29, 0.717) is 6.54 Å². The minimum atomic E-state index is 0.619. The second-order valence-electron chi connectivity index (χ2n) is 4.56. The molecule has 0 saturated carbocycles. The topological polar surface area (TPSA) is 68.2 Å². The van der Waals surface area contributed by atoms with Gasteiger partial charge in [-0.25, -0.2) is 4.98 Å². The van der Waals surface area contributed by atoms with Crippen LogP contribution in [0, 0.1) is 13.8 Å². The van der Waals surface area contributed by atoms with Gasteiger partial charge in [-0.1, -0.05) is 10.3 Å². The molecular formula is C13H14N4O2. The van der Waals surface area contributed by atoms with Gasteiger partial charge in [0.25, 0.3) is 0 Å². The smallest absolute Gasteiger partial charge is 0.172 e. The molecule has 19 heavy (non-hydrogen) atoms. The van der Waals surface area contributed by atoms with Crippen molar-refractivity contribution >= 4 is 16.8 Å². The van der Waals surface area contributed by atoms with Crippen LogP contribution in [0.3, 0.4) is 0 Å². The molecule has 0 spiro atoms. The highest BCUT2D eigenvalue weighted by molar-refractivity contribution is 5.90. The largest absolute Gasteiger partial charge is 0.361 e. The Morgan fingerprint density at radius 2 is 2.05 bits per heavy atom. The van der Waals surface area contributed by atoms with E-state index in [1.807, 2.05) is 37.9 Å². The molecule has 0 amide bonds. The fourth-order valence-electron chi connectivity index (χ4n) is 2.11. The summed E-state index contributed by atoms with van der Waals surface area (Å²) >= 11 is 0. The van der Waals surface area contributed by atoms with Crippen LogP contribution in [0.15, 0.2) is 27.4 Å².